The van der Waals surface area contributed by atoms with Gasteiger partial charge in [-0.1, -0.05) is 11.3 Å². The summed E-state index contributed by atoms with van der Waals surface area (Å²) in [4.78, 5) is 29.5. The van der Waals surface area contributed by atoms with Crippen molar-refractivity contribution in [3.63, 3.8) is 0 Å². The molecule has 0 atom stereocenters. The van der Waals surface area contributed by atoms with Gasteiger partial charge in [0.15, 0.2) is 0 Å². The summed E-state index contributed by atoms with van der Waals surface area (Å²) in [5, 5.41) is 8.12. The molecule has 0 saturated carbocycles. The molecule has 2 aromatic rings. The van der Waals surface area contributed by atoms with Crippen molar-refractivity contribution >= 4 is 18.1 Å². The van der Waals surface area contributed by atoms with E-state index >= 15 is 0 Å². The number of benzene rings is 1. The van der Waals surface area contributed by atoms with Crippen LogP contribution in [0.15, 0.2) is 35.5 Å². The van der Waals surface area contributed by atoms with Crippen LogP contribution in [0.2, 0.25) is 0 Å². The Morgan fingerprint density at radius 2 is 1.74 bits per heavy atom. The fraction of sp³-hybridized carbons (Fsp3) is 0.522. The van der Waals surface area contributed by atoms with Crippen molar-refractivity contribution in [2.75, 3.05) is 13.7 Å². The van der Waals surface area contributed by atoms with E-state index in [2.05, 4.69) is 15.3 Å². The molecule has 0 spiro atoms. The lowest BCUT2D eigenvalue weighted by molar-refractivity contribution is 0.0361. The molecule has 0 unspecified atom stereocenters. The molecule has 0 aliphatic heterocycles. The Morgan fingerprint density at radius 1 is 1.09 bits per heavy atom. The molecule has 0 radical (unpaired) electrons. The highest BCUT2D eigenvalue weighted by atomic mass is 16.6. The molecule has 12 nitrogen and oxygen atoms in total. The summed E-state index contributed by atoms with van der Waals surface area (Å²) in [5.41, 5.74) is 5.00. The summed E-state index contributed by atoms with van der Waals surface area (Å²) < 4.78 is 23.0. The maximum Gasteiger partial charge on any atom is 0.437 e. The first kappa shape index (κ1) is 27.4. The van der Waals surface area contributed by atoms with E-state index in [1.54, 1.807) is 67.0 Å². The highest BCUT2D eigenvalue weighted by Crippen LogP contribution is 2.19. The Kier molecular flexibility index (Phi) is 9.04. The van der Waals surface area contributed by atoms with Crippen molar-refractivity contribution in [1.29, 1.82) is 0 Å². The number of aliphatic imine (C=N–C) groups is 1. The maximum atomic E-state index is 12.7. The molecule has 0 aliphatic rings. The highest BCUT2D eigenvalue weighted by molar-refractivity contribution is 5.98. The van der Waals surface area contributed by atoms with E-state index in [1.807, 2.05) is 12.1 Å². The van der Waals surface area contributed by atoms with Crippen molar-refractivity contribution in [3.8, 4) is 11.5 Å². The molecule has 35 heavy (non-hydrogen) atoms. The second-order valence-corrected chi connectivity index (χ2v) is 9.52. The van der Waals surface area contributed by atoms with Crippen LogP contribution in [-0.2, 0) is 22.6 Å². The number of carbonyl (C=O) groups is 2. The number of aromatic nitrogens is 3. The number of hydrogen-bond acceptors (Lipinski definition) is 8. The zero-order chi connectivity index (χ0) is 26.2. The molecule has 192 valence electrons. The number of ether oxygens (including phenoxy) is 4. The molecule has 12 heteroatoms. The smallest absolute Gasteiger partial charge is 0.437 e. The van der Waals surface area contributed by atoms with E-state index < -0.39 is 23.4 Å². The number of methoxy groups -OCH3 is 1. The van der Waals surface area contributed by atoms with Gasteiger partial charge in [0.25, 0.3) is 0 Å². The molecule has 0 aliphatic carbocycles. The van der Waals surface area contributed by atoms with Gasteiger partial charge in [-0.3, -0.25) is 4.68 Å². The Labute approximate surface area is 205 Å². The van der Waals surface area contributed by atoms with E-state index in [1.165, 1.54) is 4.68 Å². The fourth-order valence-electron chi connectivity index (χ4n) is 2.62. The van der Waals surface area contributed by atoms with Crippen LogP contribution in [0, 0.1) is 0 Å². The van der Waals surface area contributed by atoms with E-state index in [9.17, 15) is 9.59 Å². The number of rotatable bonds is 7. The molecular formula is C23H34N6O6. The van der Waals surface area contributed by atoms with E-state index in [4.69, 9.17) is 24.7 Å². The van der Waals surface area contributed by atoms with Gasteiger partial charge in [0.2, 0.25) is 5.96 Å². The third kappa shape index (κ3) is 9.90. The predicted molar refractivity (Wildman–Crippen MR) is 128 cm³/mol. The van der Waals surface area contributed by atoms with Gasteiger partial charge in [0, 0.05) is 6.07 Å². The average Bonchev–Trinajstić information content (AvgIpc) is 3.17. The number of nitrogens with two attached hydrogens (primary N) is 1. The van der Waals surface area contributed by atoms with Crippen LogP contribution in [0.1, 0.15) is 47.2 Å². The van der Waals surface area contributed by atoms with Crippen molar-refractivity contribution in [2.45, 2.75) is 65.9 Å². The molecular weight excluding hydrogens is 456 g/mol. The fourth-order valence-corrected chi connectivity index (χ4v) is 2.62. The summed E-state index contributed by atoms with van der Waals surface area (Å²) in [6.07, 6.45) is -0.000408. The standard InChI is InChI=1S/C23H34N6O6/c1-22(2,3)34-20(30)25-19(24)29(21(31)35-23(4,5)6)12-11-28-14-16(26-27-28)15-33-18-10-8-9-17(13-18)32-7/h8-10,13-14H,11-12,15H2,1-7H3,(H2,24,25,30). The topological polar surface area (TPSA) is 143 Å². The van der Waals surface area contributed by atoms with Gasteiger partial charge in [-0.15, -0.1) is 10.1 Å². The Hall–Kier alpha value is -3.83. The van der Waals surface area contributed by atoms with Crippen molar-refractivity contribution in [2.24, 2.45) is 10.7 Å². The van der Waals surface area contributed by atoms with Gasteiger partial charge in [-0.25, -0.2) is 14.5 Å². The summed E-state index contributed by atoms with van der Waals surface area (Å²) >= 11 is 0. The van der Waals surface area contributed by atoms with Crippen LogP contribution in [-0.4, -0.2) is 62.9 Å². The van der Waals surface area contributed by atoms with Crippen LogP contribution in [0.25, 0.3) is 0 Å². The average molecular weight is 491 g/mol. The van der Waals surface area contributed by atoms with Gasteiger partial charge in [-0.05, 0) is 53.7 Å². The molecule has 2 amide bonds. The zero-order valence-electron chi connectivity index (χ0n) is 21.3. The first-order chi connectivity index (χ1) is 16.3. The molecule has 2 rings (SSSR count). The molecule has 0 saturated heterocycles. The molecule has 0 fully saturated rings. The summed E-state index contributed by atoms with van der Waals surface area (Å²) in [6, 6.07) is 7.20. The molecule has 2 N–H and O–H groups in total. The summed E-state index contributed by atoms with van der Waals surface area (Å²) in [5.74, 6) is 0.954. The molecule has 1 aromatic heterocycles. The van der Waals surface area contributed by atoms with Crippen LogP contribution >= 0.6 is 0 Å². The van der Waals surface area contributed by atoms with Crippen LogP contribution in [0.4, 0.5) is 9.59 Å². The largest absolute Gasteiger partial charge is 0.497 e. The lowest BCUT2D eigenvalue weighted by atomic mass is 10.2. The first-order valence-electron chi connectivity index (χ1n) is 11.0. The first-order valence-corrected chi connectivity index (χ1v) is 11.0. The maximum absolute atomic E-state index is 12.7. The molecule has 1 aromatic carbocycles. The summed E-state index contributed by atoms with van der Waals surface area (Å²) in [6.45, 7) is 10.7. The van der Waals surface area contributed by atoms with E-state index in [-0.39, 0.29) is 25.7 Å². The number of carbonyl (C=O) groups excluding carboxylic acids is 2. The minimum absolute atomic E-state index is 0.0204. The van der Waals surface area contributed by atoms with E-state index in [0.717, 1.165) is 4.90 Å². The molecule has 0 bridgehead atoms. The second kappa shape index (κ2) is 11.5. The van der Waals surface area contributed by atoms with Crippen molar-refractivity contribution in [1.82, 2.24) is 19.9 Å². The number of hydrogen-bond donors (Lipinski definition) is 1. The normalized spacial score (nSPS) is 12.1. The van der Waals surface area contributed by atoms with Crippen molar-refractivity contribution < 1.29 is 28.5 Å². The van der Waals surface area contributed by atoms with Crippen molar-refractivity contribution in [3.05, 3.63) is 36.2 Å². The Bertz CT molecular complexity index is 1040. The number of amides is 2. The Balaban J connectivity index is 2.06. The Morgan fingerprint density at radius 3 is 2.37 bits per heavy atom. The SMILES string of the molecule is COc1cccc(OCc2cn(CCN(C(=O)OC(C)(C)C)C(N)=NC(=O)OC(C)(C)C)nn2)c1. The van der Waals surface area contributed by atoms with Crippen LogP contribution < -0.4 is 15.2 Å². The van der Waals surface area contributed by atoms with Gasteiger partial charge in [0.1, 0.15) is 35.0 Å². The lowest BCUT2D eigenvalue weighted by Gasteiger charge is -2.26. The van der Waals surface area contributed by atoms with E-state index in [0.29, 0.717) is 17.2 Å². The second-order valence-electron chi connectivity index (χ2n) is 9.52. The van der Waals surface area contributed by atoms with Crippen LogP contribution in [0.5, 0.6) is 11.5 Å². The monoisotopic (exact) mass is 490 g/mol. The quantitative estimate of drug-likeness (QED) is 0.456. The number of guanidine groups is 1. The van der Waals surface area contributed by atoms with Gasteiger partial charge < -0.3 is 24.7 Å². The number of nitrogens with zero attached hydrogens (tertiary/aromatic N) is 5. The van der Waals surface area contributed by atoms with Crippen LogP contribution in [0.3, 0.4) is 0 Å². The lowest BCUT2D eigenvalue weighted by Crippen LogP contribution is -2.46. The summed E-state index contributed by atoms with van der Waals surface area (Å²) in [7, 11) is 1.58. The van der Waals surface area contributed by atoms with Gasteiger partial charge in [0.05, 0.1) is 26.4 Å². The minimum Gasteiger partial charge on any atom is -0.497 e. The zero-order valence-corrected chi connectivity index (χ0v) is 21.3. The third-order valence-corrected chi connectivity index (χ3v) is 4.06. The van der Waals surface area contributed by atoms with Gasteiger partial charge >= 0.3 is 12.2 Å². The predicted octanol–water partition coefficient (Wildman–Crippen LogP) is 3.35. The van der Waals surface area contributed by atoms with Gasteiger partial charge in [-0.2, -0.15) is 0 Å². The third-order valence-electron chi connectivity index (χ3n) is 4.06. The minimum atomic E-state index is -0.915. The highest BCUT2D eigenvalue weighted by Gasteiger charge is 2.26. The molecule has 1 heterocycles.